The lowest BCUT2D eigenvalue weighted by molar-refractivity contribution is -0.127. The predicted octanol–water partition coefficient (Wildman–Crippen LogP) is 3.96. The minimum atomic E-state index is -0.0400. The van der Waals surface area contributed by atoms with E-state index in [1.165, 1.54) is 25.7 Å². The van der Waals surface area contributed by atoms with Crippen molar-refractivity contribution >= 4 is 5.78 Å². The van der Waals surface area contributed by atoms with Crippen LogP contribution in [-0.2, 0) is 4.79 Å². The molecule has 0 aromatic rings. The van der Waals surface area contributed by atoms with Crippen molar-refractivity contribution in [1.29, 1.82) is 0 Å². The Hall–Kier alpha value is -0.370. The van der Waals surface area contributed by atoms with Crippen LogP contribution in [0, 0.1) is 29.1 Å². The highest BCUT2D eigenvalue weighted by Crippen LogP contribution is 2.53. The molecule has 1 N–H and O–H groups in total. The molecule has 20 heavy (non-hydrogen) atoms. The molecule has 0 bridgehead atoms. The SMILES string of the molecule is CCC1(C)C(=O)CCC1C1CCC2CC(O)CCC2C1. The van der Waals surface area contributed by atoms with Gasteiger partial charge in [-0.15, -0.1) is 0 Å². The van der Waals surface area contributed by atoms with Crippen LogP contribution in [0.2, 0.25) is 0 Å². The van der Waals surface area contributed by atoms with Crippen molar-refractivity contribution in [2.45, 2.75) is 77.7 Å². The van der Waals surface area contributed by atoms with Crippen LogP contribution in [0.4, 0.5) is 0 Å². The van der Waals surface area contributed by atoms with Crippen molar-refractivity contribution in [2.75, 3.05) is 0 Å². The van der Waals surface area contributed by atoms with Gasteiger partial charge < -0.3 is 5.11 Å². The zero-order valence-corrected chi connectivity index (χ0v) is 13.1. The molecule has 2 nitrogen and oxygen atoms in total. The van der Waals surface area contributed by atoms with Gasteiger partial charge in [0.2, 0.25) is 0 Å². The van der Waals surface area contributed by atoms with E-state index in [1.807, 2.05) is 0 Å². The molecule has 6 unspecified atom stereocenters. The minimum Gasteiger partial charge on any atom is -0.393 e. The number of ketones is 1. The monoisotopic (exact) mass is 278 g/mol. The summed E-state index contributed by atoms with van der Waals surface area (Å²) in [5, 5.41) is 9.84. The van der Waals surface area contributed by atoms with E-state index in [9.17, 15) is 9.90 Å². The van der Waals surface area contributed by atoms with Crippen LogP contribution < -0.4 is 0 Å². The number of aliphatic hydroxyl groups is 1. The molecule has 3 fully saturated rings. The summed E-state index contributed by atoms with van der Waals surface area (Å²) in [5.41, 5.74) is -0.0360. The molecule has 3 aliphatic rings. The second-order valence-electron chi connectivity index (χ2n) is 7.90. The van der Waals surface area contributed by atoms with Crippen LogP contribution in [0.3, 0.4) is 0 Å². The van der Waals surface area contributed by atoms with Crippen molar-refractivity contribution in [3.8, 4) is 0 Å². The summed E-state index contributed by atoms with van der Waals surface area (Å²) >= 11 is 0. The summed E-state index contributed by atoms with van der Waals surface area (Å²) in [7, 11) is 0. The molecule has 0 spiro atoms. The minimum absolute atomic E-state index is 0.0360. The average Bonchev–Trinajstić information content (AvgIpc) is 2.75. The van der Waals surface area contributed by atoms with Crippen LogP contribution in [0.5, 0.6) is 0 Å². The molecule has 0 aromatic carbocycles. The lowest BCUT2D eigenvalue weighted by atomic mass is 9.60. The van der Waals surface area contributed by atoms with Crippen molar-refractivity contribution in [3.63, 3.8) is 0 Å². The number of carbonyl (C=O) groups is 1. The van der Waals surface area contributed by atoms with E-state index < -0.39 is 0 Å². The Kier molecular flexibility index (Phi) is 3.96. The maximum Gasteiger partial charge on any atom is 0.139 e. The van der Waals surface area contributed by atoms with Gasteiger partial charge in [-0.25, -0.2) is 0 Å². The highest BCUT2D eigenvalue weighted by Gasteiger charge is 2.49. The third-order valence-corrected chi connectivity index (χ3v) is 7.07. The molecule has 3 saturated carbocycles. The predicted molar refractivity (Wildman–Crippen MR) is 80.3 cm³/mol. The molecule has 0 aromatic heterocycles. The van der Waals surface area contributed by atoms with E-state index in [0.29, 0.717) is 11.7 Å². The number of hydrogen-bond donors (Lipinski definition) is 1. The molecule has 0 saturated heterocycles. The molecule has 6 atom stereocenters. The molecular weight excluding hydrogens is 248 g/mol. The Morgan fingerprint density at radius 3 is 2.45 bits per heavy atom. The first-order chi connectivity index (χ1) is 9.54. The third-order valence-electron chi connectivity index (χ3n) is 7.07. The van der Waals surface area contributed by atoms with Gasteiger partial charge in [0, 0.05) is 11.8 Å². The second kappa shape index (κ2) is 5.44. The Morgan fingerprint density at radius 2 is 1.70 bits per heavy atom. The van der Waals surface area contributed by atoms with Crippen molar-refractivity contribution < 1.29 is 9.90 Å². The Bertz CT molecular complexity index is 378. The highest BCUT2D eigenvalue weighted by atomic mass is 16.3. The Morgan fingerprint density at radius 1 is 1.05 bits per heavy atom. The summed E-state index contributed by atoms with van der Waals surface area (Å²) in [5.74, 6) is 3.51. The maximum atomic E-state index is 12.3. The number of rotatable bonds is 2. The standard InChI is InChI=1S/C18H30O2/c1-3-18(2)16(8-9-17(18)20)14-5-4-13-11-15(19)7-6-12(13)10-14/h12-16,19H,3-11H2,1-2H3. The second-order valence-corrected chi connectivity index (χ2v) is 7.90. The number of fused-ring (bicyclic) bond motifs is 1. The molecule has 0 heterocycles. The number of hydrogen-bond acceptors (Lipinski definition) is 2. The van der Waals surface area contributed by atoms with Crippen molar-refractivity contribution in [2.24, 2.45) is 29.1 Å². The third kappa shape index (κ3) is 2.34. The summed E-state index contributed by atoms with van der Waals surface area (Å²) < 4.78 is 0. The molecule has 0 aliphatic heterocycles. The zero-order valence-electron chi connectivity index (χ0n) is 13.1. The fourth-order valence-electron chi connectivity index (χ4n) is 5.58. The Labute approximate surface area is 123 Å². The molecule has 3 rings (SSSR count). The van der Waals surface area contributed by atoms with Gasteiger partial charge in [-0.3, -0.25) is 4.79 Å². The van der Waals surface area contributed by atoms with Crippen molar-refractivity contribution in [1.82, 2.24) is 0 Å². The zero-order chi connectivity index (χ0) is 14.3. The van der Waals surface area contributed by atoms with E-state index in [0.717, 1.165) is 49.9 Å². The van der Waals surface area contributed by atoms with Crippen LogP contribution >= 0.6 is 0 Å². The summed E-state index contributed by atoms with van der Waals surface area (Å²) in [6.45, 7) is 4.42. The fourth-order valence-corrected chi connectivity index (χ4v) is 5.58. The number of Topliss-reactive ketones (excluding diaryl/α,β-unsaturated/α-hetero) is 1. The number of carbonyl (C=O) groups excluding carboxylic acids is 1. The van der Waals surface area contributed by atoms with Gasteiger partial charge in [-0.05, 0) is 75.0 Å². The smallest absolute Gasteiger partial charge is 0.139 e. The van der Waals surface area contributed by atoms with Gasteiger partial charge in [0.05, 0.1) is 6.10 Å². The van der Waals surface area contributed by atoms with Crippen molar-refractivity contribution in [3.05, 3.63) is 0 Å². The van der Waals surface area contributed by atoms with Gasteiger partial charge in [0.25, 0.3) is 0 Å². The van der Waals surface area contributed by atoms with E-state index in [2.05, 4.69) is 13.8 Å². The molecule has 2 heteroatoms. The van der Waals surface area contributed by atoms with E-state index in [1.54, 1.807) is 0 Å². The highest BCUT2D eigenvalue weighted by molar-refractivity contribution is 5.86. The topological polar surface area (TPSA) is 37.3 Å². The van der Waals surface area contributed by atoms with E-state index >= 15 is 0 Å². The van der Waals surface area contributed by atoms with Gasteiger partial charge in [0.1, 0.15) is 5.78 Å². The van der Waals surface area contributed by atoms with E-state index in [4.69, 9.17) is 0 Å². The van der Waals surface area contributed by atoms with Gasteiger partial charge in [-0.2, -0.15) is 0 Å². The van der Waals surface area contributed by atoms with E-state index in [-0.39, 0.29) is 11.5 Å². The van der Waals surface area contributed by atoms with Gasteiger partial charge in [0.15, 0.2) is 0 Å². The average molecular weight is 278 g/mol. The Balaban J connectivity index is 1.69. The first-order valence-corrected chi connectivity index (χ1v) is 8.76. The summed E-state index contributed by atoms with van der Waals surface area (Å²) in [6, 6.07) is 0. The van der Waals surface area contributed by atoms with Crippen LogP contribution in [0.25, 0.3) is 0 Å². The first kappa shape index (κ1) is 14.6. The summed E-state index contributed by atoms with van der Waals surface area (Å²) in [6.07, 6.45) is 10.1. The quantitative estimate of drug-likeness (QED) is 0.830. The molecule has 114 valence electrons. The van der Waals surface area contributed by atoms with Crippen LogP contribution in [0.1, 0.15) is 71.6 Å². The fraction of sp³-hybridized carbons (Fsp3) is 0.944. The lowest BCUT2D eigenvalue weighted by Crippen LogP contribution is -2.39. The van der Waals surface area contributed by atoms with Gasteiger partial charge >= 0.3 is 0 Å². The lowest BCUT2D eigenvalue weighted by Gasteiger charge is -2.45. The number of aliphatic hydroxyl groups excluding tert-OH is 1. The molecular formula is C18H30O2. The largest absolute Gasteiger partial charge is 0.393 e. The van der Waals surface area contributed by atoms with Crippen LogP contribution in [-0.4, -0.2) is 17.0 Å². The normalized spacial score (nSPS) is 49.1. The summed E-state index contributed by atoms with van der Waals surface area (Å²) in [4.78, 5) is 12.3. The van der Waals surface area contributed by atoms with Gasteiger partial charge in [-0.1, -0.05) is 13.8 Å². The molecule has 0 amide bonds. The maximum absolute atomic E-state index is 12.3. The van der Waals surface area contributed by atoms with Crippen LogP contribution in [0.15, 0.2) is 0 Å². The molecule has 0 radical (unpaired) electrons. The molecule has 3 aliphatic carbocycles. The first-order valence-electron chi connectivity index (χ1n) is 8.76.